The van der Waals surface area contributed by atoms with Gasteiger partial charge in [-0.1, -0.05) is 30.3 Å². The monoisotopic (exact) mass is 363 g/mol. The van der Waals surface area contributed by atoms with Gasteiger partial charge in [-0.3, -0.25) is 14.6 Å². The molecule has 0 fully saturated rings. The Labute approximate surface area is 156 Å². The van der Waals surface area contributed by atoms with Gasteiger partial charge >= 0.3 is 0 Å². The zero-order chi connectivity index (χ0) is 19.2. The second-order valence-corrected chi connectivity index (χ2v) is 5.75. The number of nitrogens with one attached hydrogen (secondary N) is 1. The highest BCUT2D eigenvalue weighted by molar-refractivity contribution is 6.08. The minimum Gasteiger partial charge on any atom is -0.318 e. The number of aromatic nitrogens is 1. The summed E-state index contributed by atoms with van der Waals surface area (Å²) >= 11 is 0. The summed E-state index contributed by atoms with van der Waals surface area (Å²) in [6.45, 7) is 2.35. The van der Waals surface area contributed by atoms with Crippen molar-refractivity contribution in [2.45, 2.75) is 6.92 Å². The van der Waals surface area contributed by atoms with Crippen molar-refractivity contribution >= 4 is 23.2 Å². The van der Waals surface area contributed by atoms with Crippen LogP contribution in [0.15, 0.2) is 72.9 Å². The number of amides is 2. The van der Waals surface area contributed by atoms with Gasteiger partial charge in [0.05, 0.1) is 5.69 Å². The lowest BCUT2D eigenvalue weighted by Crippen LogP contribution is -2.31. The average Bonchev–Trinajstić information content (AvgIpc) is 2.71. The molecule has 3 rings (SSSR count). The van der Waals surface area contributed by atoms with Gasteiger partial charge in [-0.2, -0.15) is 0 Å². The number of benzene rings is 2. The van der Waals surface area contributed by atoms with Crippen LogP contribution in [-0.2, 0) is 0 Å². The molecule has 0 saturated carbocycles. The van der Waals surface area contributed by atoms with Crippen molar-refractivity contribution in [1.29, 1.82) is 0 Å². The molecule has 27 heavy (non-hydrogen) atoms. The number of halogens is 1. The van der Waals surface area contributed by atoms with E-state index in [1.807, 2.05) is 37.3 Å². The second kappa shape index (κ2) is 8.23. The highest BCUT2D eigenvalue weighted by atomic mass is 19.1. The summed E-state index contributed by atoms with van der Waals surface area (Å²) in [4.78, 5) is 30.9. The Morgan fingerprint density at radius 1 is 1.04 bits per heavy atom. The Morgan fingerprint density at radius 2 is 1.74 bits per heavy atom. The molecule has 0 spiro atoms. The maximum Gasteiger partial charge on any atom is 0.274 e. The number of rotatable bonds is 5. The van der Waals surface area contributed by atoms with Crippen molar-refractivity contribution in [2.24, 2.45) is 0 Å². The quantitative estimate of drug-likeness (QED) is 0.741. The van der Waals surface area contributed by atoms with Crippen LogP contribution in [0.1, 0.15) is 27.8 Å². The van der Waals surface area contributed by atoms with E-state index in [4.69, 9.17) is 0 Å². The Morgan fingerprint density at radius 3 is 2.44 bits per heavy atom. The number of hydrogen-bond acceptors (Lipinski definition) is 3. The van der Waals surface area contributed by atoms with Gasteiger partial charge < -0.3 is 10.2 Å². The Kier molecular flexibility index (Phi) is 5.56. The van der Waals surface area contributed by atoms with Gasteiger partial charge in [0.1, 0.15) is 11.5 Å². The Bertz CT molecular complexity index is 960. The van der Waals surface area contributed by atoms with E-state index >= 15 is 0 Å². The van der Waals surface area contributed by atoms with Crippen molar-refractivity contribution in [3.63, 3.8) is 0 Å². The number of carbonyl (C=O) groups excluding carboxylic acids is 2. The molecule has 0 aliphatic carbocycles. The smallest absolute Gasteiger partial charge is 0.274 e. The molecule has 0 radical (unpaired) electrons. The molecule has 0 saturated heterocycles. The maximum absolute atomic E-state index is 13.7. The van der Waals surface area contributed by atoms with Gasteiger partial charge in [-0.05, 0) is 43.3 Å². The summed E-state index contributed by atoms with van der Waals surface area (Å²) in [6.07, 6.45) is 1.39. The topological polar surface area (TPSA) is 62.3 Å². The van der Waals surface area contributed by atoms with Crippen molar-refractivity contribution in [1.82, 2.24) is 4.98 Å². The number of para-hydroxylation sites is 2. The number of nitrogens with zero attached hydrogens (tertiary/aromatic N) is 2. The van der Waals surface area contributed by atoms with E-state index in [-0.39, 0.29) is 17.3 Å². The third kappa shape index (κ3) is 4.17. The van der Waals surface area contributed by atoms with Crippen molar-refractivity contribution < 1.29 is 14.0 Å². The molecule has 0 unspecified atom stereocenters. The Balaban J connectivity index is 1.83. The molecular weight excluding hydrogens is 345 g/mol. The highest BCUT2D eigenvalue weighted by Crippen LogP contribution is 2.18. The lowest BCUT2D eigenvalue weighted by Gasteiger charge is -2.21. The number of pyridine rings is 1. The van der Waals surface area contributed by atoms with Crippen LogP contribution in [0, 0.1) is 5.82 Å². The zero-order valence-electron chi connectivity index (χ0n) is 14.7. The van der Waals surface area contributed by atoms with E-state index in [1.165, 1.54) is 30.5 Å². The van der Waals surface area contributed by atoms with Gasteiger partial charge in [-0.25, -0.2) is 4.39 Å². The second-order valence-electron chi connectivity index (χ2n) is 5.75. The number of hydrogen-bond donors (Lipinski definition) is 1. The summed E-state index contributed by atoms with van der Waals surface area (Å²) in [5.74, 6) is -1.37. The normalized spacial score (nSPS) is 10.3. The van der Waals surface area contributed by atoms with Crippen LogP contribution in [-0.4, -0.2) is 23.3 Å². The molecule has 1 heterocycles. The first-order valence-corrected chi connectivity index (χ1v) is 8.49. The van der Waals surface area contributed by atoms with Crippen LogP contribution in [0.25, 0.3) is 0 Å². The summed E-state index contributed by atoms with van der Waals surface area (Å²) in [5.41, 5.74) is 1.18. The van der Waals surface area contributed by atoms with Crippen LogP contribution >= 0.6 is 0 Å². The molecule has 3 aromatic rings. The molecule has 1 aromatic heterocycles. The first-order valence-electron chi connectivity index (χ1n) is 8.49. The predicted octanol–water partition coefficient (Wildman–Crippen LogP) is 4.14. The molecule has 2 amide bonds. The van der Waals surface area contributed by atoms with E-state index in [9.17, 15) is 14.0 Å². The van der Waals surface area contributed by atoms with Crippen molar-refractivity contribution in [2.75, 3.05) is 16.8 Å². The molecule has 1 N–H and O–H groups in total. The first kappa shape index (κ1) is 18.3. The van der Waals surface area contributed by atoms with E-state index in [2.05, 4.69) is 10.3 Å². The summed E-state index contributed by atoms with van der Waals surface area (Å²) in [6, 6.07) is 18.1. The SMILES string of the molecule is CCN(C(=O)c1ccnc(C(=O)Nc2ccccc2F)c1)c1ccccc1. The molecule has 5 nitrogen and oxygen atoms in total. The predicted molar refractivity (Wildman–Crippen MR) is 102 cm³/mol. The standard InChI is InChI=1S/C21H18FN3O2/c1-2-25(16-8-4-3-5-9-16)21(27)15-12-13-23-19(14-15)20(26)24-18-11-7-6-10-17(18)22/h3-14H,2H2,1H3,(H,24,26). The average molecular weight is 363 g/mol. The zero-order valence-corrected chi connectivity index (χ0v) is 14.7. The molecule has 2 aromatic carbocycles. The lowest BCUT2D eigenvalue weighted by atomic mass is 10.1. The highest BCUT2D eigenvalue weighted by Gasteiger charge is 2.18. The molecule has 0 atom stereocenters. The summed E-state index contributed by atoms with van der Waals surface area (Å²) < 4.78 is 13.7. The minimum absolute atomic E-state index is 0.0354. The Hall–Kier alpha value is -3.54. The summed E-state index contributed by atoms with van der Waals surface area (Å²) in [7, 11) is 0. The van der Waals surface area contributed by atoms with Crippen molar-refractivity contribution in [3.8, 4) is 0 Å². The van der Waals surface area contributed by atoms with Crippen LogP contribution in [0.4, 0.5) is 15.8 Å². The third-order valence-electron chi connectivity index (χ3n) is 3.99. The van der Waals surface area contributed by atoms with Gasteiger partial charge in [0.2, 0.25) is 0 Å². The summed E-state index contributed by atoms with van der Waals surface area (Å²) in [5, 5.41) is 2.47. The van der Waals surface area contributed by atoms with Gasteiger partial charge in [-0.15, -0.1) is 0 Å². The van der Waals surface area contributed by atoms with Gasteiger partial charge in [0.25, 0.3) is 11.8 Å². The molecule has 0 aliphatic rings. The van der Waals surface area contributed by atoms with Crippen molar-refractivity contribution in [3.05, 3.63) is 90.0 Å². The van der Waals surface area contributed by atoms with Gasteiger partial charge in [0, 0.05) is 24.0 Å². The molecular formula is C21H18FN3O2. The van der Waals surface area contributed by atoms with Crippen LogP contribution in [0.3, 0.4) is 0 Å². The maximum atomic E-state index is 13.7. The molecule has 0 aliphatic heterocycles. The fraction of sp³-hybridized carbons (Fsp3) is 0.0952. The fourth-order valence-electron chi connectivity index (χ4n) is 2.64. The van der Waals surface area contributed by atoms with Gasteiger partial charge in [0.15, 0.2) is 0 Å². The number of carbonyl (C=O) groups is 2. The fourth-order valence-corrected chi connectivity index (χ4v) is 2.64. The molecule has 0 bridgehead atoms. The largest absolute Gasteiger partial charge is 0.318 e. The molecule has 136 valence electrons. The van der Waals surface area contributed by atoms with E-state index in [0.29, 0.717) is 12.1 Å². The van der Waals surface area contributed by atoms with E-state index in [0.717, 1.165) is 5.69 Å². The molecule has 6 heteroatoms. The number of anilines is 2. The van der Waals surface area contributed by atoms with Crippen LogP contribution < -0.4 is 10.2 Å². The lowest BCUT2D eigenvalue weighted by molar-refractivity contribution is 0.0988. The van der Waals surface area contributed by atoms with Crippen LogP contribution in [0.5, 0.6) is 0 Å². The minimum atomic E-state index is -0.586. The van der Waals surface area contributed by atoms with Crippen LogP contribution in [0.2, 0.25) is 0 Å². The van der Waals surface area contributed by atoms with E-state index < -0.39 is 11.7 Å². The van der Waals surface area contributed by atoms with E-state index in [1.54, 1.807) is 17.0 Å². The third-order valence-corrected chi connectivity index (χ3v) is 3.99. The first-order chi connectivity index (χ1) is 13.1.